The minimum Gasteiger partial charge on any atom is -0.497 e. The Balaban J connectivity index is 1.84. The summed E-state index contributed by atoms with van der Waals surface area (Å²) in [6.07, 6.45) is 3.79. The summed E-state index contributed by atoms with van der Waals surface area (Å²) in [5.74, 6) is 0.681. The van der Waals surface area contributed by atoms with Crippen molar-refractivity contribution in [1.29, 1.82) is 0 Å². The minimum atomic E-state index is -0.402. The van der Waals surface area contributed by atoms with Gasteiger partial charge in [-0.15, -0.1) is 0 Å². The van der Waals surface area contributed by atoms with E-state index >= 15 is 0 Å². The number of methoxy groups -OCH3 is 1. The molecule has 166 valence electrons. The molecule has 2 aromatic carbocycles. The van der Waals surface area contributed by atoms with Crippen LogP contribution in [0.3, 0.4) is 0 Å². The van der Waals surface area contributed by atoms with Gasteiger partial charge in [-0.25, -0.2) is 0 Å². The summed E-state index contributed by atoms with van der Waals surface area (Å²) >= 11 is 0. The number of nitrogens with one attached hydrogen (secondary N) is 2. The molecule has 0 radical (unpaired) electrons. The van der Waals surface area contributed by atoms with E-state index < -0.39 is 11.8 Å². The second-order valence-corrected chi connectivity index (χ2v) is 7.82. The number of amides is 2. The van der Waals surface area contributed by atoms with E-state index in [1.807, 2.05) is 30.3 Å². The molecule has 0 aliphatic heterocycles. The van der Waals surface area contributed by atoms with E-state index in [0.29, 0.717) is 23.0 Å². The zero-order chi connectivity index (χ0) is 22.9. The summed E-state index contributed by atoms with van der Waals surface area (Å²) in [5.41, 5.74) is 1.52. The van der Waals surface area contributed by atoms with Gasteiger partial charge < -0.3 is 19.8 Å². The summed E-state index contributed by atoms with van der Waals surface area (Å²) in [6.45, 7) is 4.21. The van der Waals surface area contributed by atoms with Gasteiger partial charge in [0.25, 0.3) is 11.8 Å². The summed E-state index contributed by atoms with van der Waals surface area (Å²) in [5, 5.41) is 5.80. The zero-order valence-corrected chi connectivity index (χ0v) is 18.5. The fourth-order valence-corrected chi connectivity index (χ4v) is 3.28. The fraction of sp³-hybridized carbons (Fsp3) is 0.231. The maximum absolute atomic E-state index is 13.2. The second kappa shape index (κ2) is 11.0. The van der Waals surface area contributed by atoms with Crippen LogP contribution >= 0.6 is 0 Å². The monoisotopic (exact) mass is 432 g/mol. The lowest BCUT2D eigenvalue weighted by atomic mass is 9.97. The van der Waals surface area contributed by atoms with E-state index in [1.54, 1.807) is 43.5 Å². The fourth-order valence-electron chi connectivity index (χ4n) is 3.28. The molecule has 0 aliphatic carbocycles. The molecular formula is C26H28N2O4. The standard InChI is InChI=1S/C26H28N2O4/c1-18(2)16-23(19-8-5-4-6-9-19)27-26(30)24(17-22-10-7-15-32-22)28-25(29)20-11-13-21(31-3)14-12-20/h4-15,17-18,23H,16H2,1-3H3,(H,27,30)(H,28,29)/b24-17-/t23-/m1/s1. The number of benzene rings is 2. The third-order valence-electron chi connectivity index (χ3n) is 4.89. The molecule has 0 spiro atoms. The third-order valence-corrected chi connectivity index (χ3v) is 4.89. The first-order valence-corrected chi connectivity index (χ1v) is 10.5. The molecule has 0 fully saturated rings. The quantitative estimate of drug-likeness (QED) is 0.468. The number of furan rings is 1. The van der Waals surface area contributed by atoms with Crippen molar-refractivity contribution in [3.63, 3.8) is 0 Å². The molecule has 1 heterocycles. The molecule has 1 atom stereocenters. The molecule has 3 aromatic rings. The average molecular weight is 433 g/mol. The molecule has 6 nitrogen and oxygen atoms in total. The van der Waals surface area contributed by atoms with E-state index in [-0.39, 0.29) is 11.7 Å². The van der Waals surface area contributed by atoms with Gasteiger partial charge in [0.15, 0.2) is 0 Å². The van der Waals surface area contributed by atoms with Gasteiger partial charge in [0.1, 0.15) is 17.2 Å². The number of carbonyl (C=O) groups excluding carboxylic acids is 2. The van der Waals surface area contributed by atoms with Crippen LogP contribution < -0.4 is 15.4 Å². The number of hydrogen-bond acceptors (Lipinski definition) is 4. The maximum Gasteiger partial charge on any atom is 0.268 e. The molecule has 0 unspecified atom stereocenters. The first kappa shape index (κ1) is 22.9. The topological polar surface area (TPSA) is 80.6 Å². The van der Waals surface area contributed by atoms with Crippen molar-refractivity contribution in [2.24, 2.45) is 5.92 Å². The molecule has 6 heteroatoms. The van der Waals surface area contributed by atoms with E-state index in [4.69, 9.17) is 9.15 Å². The third kappa shape index (κ3) is 6.35. The average Bonchev–Trinajstić information content (AvgIpc) is 3.31. The van der Waals surface area contributed by atoms with Crippen molar-refractivity contribution >= 4 is 17.9 Å². The van der Waals surface area contributed by atoms with Crippen LogP contribution in [0.2, 0.25) is 0 Å². The lowest BCUT2D eigenvalue weighted by molar-refractivity contribution is -0.118. The van der Waals surface area contributed by atoms with Crippen LogP contribution in [0.25, 0.3) is 6.08 Å². The molecule has 2 N–H and O–H groups in total. The first-order valence-electron chi connectivity index (χ1n) is 10.5. The van der Waals surface area contributed by atoms with Crippen molar-refractivity contribution in [3.8, 4) is 5.75 Å². The molecule has 0 saturated carbocycles. The van der Waals surface area contributed by atoms with Crippen molar-refractivity contribution in [2.75, 3.05) is 7.11 Å². The molecule has 2 amide bonds. The van der Waals surface area contributed by atoms with Gasteiger partial charge in [-0.3, -0.25) is 9.59 Å². The Bertz CT molecular complexity index is 1040. The van der Waals surface area contributed by atoms with Gasteiger partial charge in [0.2, 0.25) is 0 Å². The minimum absolute atomic E-state index is 0.102. The van der Waals surface area contributed by atoms with Crippen molar-refractivity contribution < 1.29 is 18.7 Å². The van der Waals surface area contributed by atoms with Gasteiger partial charge >= 0.3 is 0 Å². The Kier molecular flexibility index (Phi) is 7.86. The van der Waals surface area contributed by atoms with Crippen LogP contribution in [0.15, 0.2) is 83.1 Å². The van der Waals surface area contributed by atoms with Crippen LogP contribution in [0, 0.1) is 5.92 Å². The predicted molar refractivity (Wildman–Crippen MR) is 124 cm³/mol. The van der Waals surface area contributed by atoms with E-state index in [9.17, 15) is 9.59 Å². The Morgan fingerprint density at radius 2 is 1.72 bits per heavy atom. The van der Waals surface area contributed by atoms with Crippen LogP contribution in [-0.4, -0.2) is 18.9 Å². The number of ether oxygens (including phenoxy) is 1. The Morgan fingerprint density at radius 3 is 2.31 bits per heavy atom. The van der Waals surface area contributed by atoms with E-state index in [1.165, 1.54) is 12.3 Å². The van der Waals surface area contributed by atoms with E-state index in [0.717, 1.165) is 12.0 Å². The van der Waals surface area contributed by atoms with Crippen molar-refractivity contribution in [3.05, 3.63) is 95.6 Å². The molecule has 0 aliphatic rings. The Morgan fingerprint density at radius 1 is 1.00 bits per heavy atom. The van der Waals surface area contributed by atoms with Gasteiger partial charge in [-0.2, -0.15) is 0 Å². The van der Waals surface area contributed by atoms with Crippen LogP contribution in [-0.2, 0) is 4.79 Å². The number of rotatable bonds is 9. The normalized spacial score (nSPS) is 12.3. The number of carbonyl (C=O) groups is 2. The van der Waals surface area contributed by atoms with Crippen molar-refractivity contribution in [2.45, 2.75) is 26.3 Å². The number of hydrogen-bond donors (Lipinski definition) is 2. The first-order chi connectivity index (χ1) is 15.5. The lowest BCUT2D eigenvalue weighted by Gasteiger charge is -2.22. The predicted octanol–water partition coefficient (Wildman–Crippen LogP) is 4.96. The molecule has 32 heavy (non-hydrogen) atoms. The Hall–Kier alpha value is -3.80. The highest BCUT2D eigenvalue weighted by molar-refractivity contribution is 6.05. The summed E-state index contributed by atoms with van der Waals surface area (Å²) in [7, 11) is 1.56. The van der Waals surface area contributed by atoms with Gasteiger partial charge in [0, 0.05) is 11.6 Å². The highest BCUT2D eigenvalue weighted by Crippen LogP contribution is 2.22. The highest BCUT2D eigenvalue weighted by atomic mass is 16.5. The molecular weight excluding hydrogens is 404 g/mol. The smallest absolute Gasteiger partial charge is 0.268 e. The van der Waals surface area contributed by atoms with Gasteiger partial charge in [-0.1, -0.05) is 44.2 Å². The van der Waals surface area contributed by atoms with Gasteiger partial charge in [0.05, 0.1) is 19.4 Å². The SMILES string of the molecule is COc1ccc(C(=O)N/C(=C\c2ccco2)C(=O)N[C@H](CC(C)C)c2ccccc2)cc1. The zero-order valence-electron chi connectivity index (χ0n) is 18.5. The largest absolute Gasteiger partial charge is 0.497 e. The van der Waals surface area contributed by atoms with Crippen LogP contribution in [0.1, 0.15) is 48.0 Å². The van der Waals surface area contributed by atoms with Crippen LogP contribution in [0.4, 0.5) is 0 Å². The Labute approximate surface area is 188 Å². The summed E-state index contributed by atoms with van der Waals surface area (Å²) in [4.78, 5) is 26.1. The summed E-state index contributed by atoms with van der Waals surface area (Å²) < 4.78 is 10.5. The molecule has 0 saturated heterocycles. The van der Waals surface area contributed by atoms with Crippen LogP contribution in [0.5, 0.6) is 5.75 Å². The van der Waals surface area contributed by atoms with Crippen molar-refractivity contribution in [1.82, 2.24) is 10.6 Å². The summed E-state index contributed by atoms with van der Waals surface area (Å²) in [6, 6.07) is 19.7. The molecule has 0 bridgehead atoms. The second-order valence-electron chi connectivity index (χ2n) is 7.82. The molecule has 1 aromatic heterocycles. The molecule has 3 rings (SSSR count). The van der Waals surface area contributed by atoms with E-state index in [2.05, 4.69) is 24.5 Å². The highest BCUT2D eigenvalue weighted by Gasteiger charge is 2.21. The lowest BCUT2D eigenvalue weighted by Crippen LogP contribution is -2.37. The van der Waals surface area contributed by atoms with Gasteiger partial charge in [-0.05, 0) is 54.3 Å². The maximum atomic E-state index is 13.2.